The molecule has 1 aromatic heterocycles. The number of aromatic amines is 1. The lowest BCUT2D eigenvalue weighted by Gasteiger charge is -2.12. The number of hydrogen-bond donors (Lipinski definition) is 3. The number of hydrogen-bond acceptors (Lipinski definition) is 5. The lowest BCUT2D eigenvalue weighted by atomic mass is 10.1. The van der Waals surface area contributed by atoms with Crippen LogP contribution in [0.4, 0.5) is 0 Å². The van der Waals surface area contributed by atoms with Crippen molar-refractivity contribution in [1.82, 2.24) is 20.8 Å². The van der Waals surface area contributed by atoms with Crippen LogP contribution in [-0.2, 0) is 24.2 Å². The van der Waals surface area contributed by atoms with Crippen LogP contribution >= 0.6 is 0 Å². The third-order valence-electron chi connectivity index (χ3n) is 3.94. The second-order valence-corrected chi connectivity index (χ2v) is 5.56. The fraction of sp³-hybridized carbons (Fsp3) is 0.353. The summed E-state index contributed by atoms with van der Waals surface area (Å²) in [6, 6.07) is 6.99. The van der Waals surface area contributed by atoms with E-state index in [0.717, 1.165) is 29.8 Å². The summed E-state index contributed by atoms with van der Waals surface area (Å²) in [5.41, 5.74) is 3.81. The van der Waals surface area contributed by atoms with E-state index in [1.807, 2.05) is 0 Å². The van der Waals surface area contributed by atoms with Crippen LogP contribution < -0.4 is 10.6 Å². The molecule has 1 aromatic carbocycles. The fourth-order valence-electron chi connectivity index (χ4n) is 2.65. The van der Waals surface area contributed by atoms with Gasteiger partial charge >= 0.3 is 5.97 Å². The summed E-state index contributed by atoms with van der Waals surface area (Å²) in [4.78, 5) is 23.9. The van der Waals surface area contributed by atoms with E-state index in [4.69, 9.17) is 4.74 Å². The molecule has 0 spiro atoms. The van der Waals surface area contributed by atoms with Crippen molar-refractivity contribution in [1.29, 1.82) is 0 Å². The number of nitrogens with one attached hydrogen (secondary N) is 3. The van der Waals surface area contributed by atoms with Gasteiger partial charge in [-0.2, -0.15) is 5.10 Å². The molecule has 0 unspecified atom stereocenters. The molecular formula is C17H20N4O3. The largest absolute Gasteiger partial charge is 0.462 e. The highest BCUT2D eigenvalue weighted by Crippen LogP contribution is 2.15. The molecule has 0 bridgehead atoms. The quantitative estimate of drug-likeness (QED) is 0.716. The molecule has 2 heterocycles. The Labute approximate surface area is 139 Å². The van der Waals surface area contributed by atoms with Crippen LogP contribution in [-0.4, -0.2) is 35.2 Å². The van der Waals surface area contributed by atoms with Gasteiger partial charge in [-0.3, -0.25) is 9.89 Å². The van der Waals surface area contributed by atoms with Crippen LogP contribution in [0.5, 0.6) is 0 Å². The number of benzene rings is 1. The summed E-state index contributed by atoms with van der Waals surface area (Å²) >= 11 is 0. The molecule has 0 fully saturated rings. The molecule has 3 rings (SSSR count). The molecule has 1 aliphatic heterocycles. The zero-order valence-corrected chi connectivity index (χ0v) is 13.5. The first kappa shape index (κ1) is 16.2. The van der Waals surface area contributed by atoms with E-state index in [9.17, 15) is 9.59 Å². The van der Waals surface area contributed by atoms with Gasteiger partial charge in [-0.25, -0.2) is 4.79 Å². The minimum absolute atomic E-state index is 0.203. The maximum Gasteiger partial charge on any atom is 0.338 e. The summed E-state index contributed by atoms with van der Waals surface area (Å²) in [6.07, 6.45) is 0.852. The van der Waals surface area contributed by atoms with Crippen molar-refractivity contribution in [3.8, 4) is 0 Å². The van der Waals surface area contributed by atoms with Crippen LogP contribution in [0, 0.1) is 0 Å². The van der Waals surface area contributed by atoms with Gasteiger partial charge in [0, 0.05) is 37.3 Å². The van der Waals surface area contributed by atoms with Crippen LogP contribution in [0.2, 0.25) is 0 Å². The minimum atomic E-state index is -0.344. The number of fused-ring (bicyclic) bond motifs is 1. The zero-order chi connectivity index (χ0) is 16.9. The van der Waals surface area contributed by atoms with E-state index >= 15 is 0 Å². The molecule has 0 atom stereocenters. The second kappa shape index (κ2) is 7.27. The molecule has 1 amide bonds. The Balaban J connectivity index is 1.60. The highest BCUT2D eigenvalue weighted by atomic mass is 16.5. The number of rotatable bonds is 5. The van der Waals surface area contributed by atoms with Crippen LogP contribution in [0.25, 0.3) is 0 Å². The number of H-pyrrole nitrogens is 1. The van der Waals surface area contributed by atoms with Crippen molar-refractivity contribution in [3.05, 3.63) is 52.3 Å². The lowest BCUT2D eigenvalue weighted by Crippen LogP contribution is -2.28. The predicted molar refractivity (Wildman–Crippen MR) is 87.6 cm³/mol. The van der Waals surface area contributed by atoms with Gasteiger partial charge in [0.25, 0.3) is 5.91 Å². The Hall–Kier alpha value is -2.67. The normalized spacial score (nSPS) is 13.2. The topological polar surface area (TPSA) is 96.1 Å². The average Bonchev–Trinajstić information content (AvgIpc) is 3.04. The van der Waals surface area contributed by atoms with Gasteiger partial charge in [0.05, 0.1) is 12.2 Å². The highest BCUT2D eigenvalue weighted by molar-refractivity contribution is 5.94. The molecule has 0 radical (unpaired) electrons. The summed E-state index contributed by atoms with van der Waals surface area (Å²) in [7, 11) is 0. The SMILES string of the molecule is CCOC(=O)c1ccc(CNC(=O)c2n[nH]c3c2CNCC3)cc1. The molecule has 0 saturated carbocycles. The van der Waals surface area contributed by atoms with E-state index in [0.29, 0.717) is 31.0 Å². The van der Waals surface area contributed by atoms with Gasteiger partial charge < -0.3 is 15.4 Å². The number of carbonyl (C=O) groups is 2. The number of amides is 1. The number of aromatic nitrogens is 2. The molecule has 3 N–H and O–H groups in total. The number of esters is 1. The maximum absolute atomic E-state index is 12.3. The molecule has 126 valence electrons. The lowest BCUT2D eigenvalue weighted by molar-refractivity contribution is 0.0526. The van der Waals surface area contributed by atoms with Gasteiger partial charge in [0.2, 0.25) is 0 Å². The third kappa shape index (κ3) is 3.46. The number of nitrogens with zero attached hydrogens (tertiary/aromatic N) is 1. The Morgan fingerprint density at radius 1 is 1.29 bits per heavy atom. The van der Waals surface area contributed by atoms with Crippen molar-refractivity contribution in [2.75, 3.05) is 13.2 Å². The van der Waals surface area contributed by atoms with Gasteiger partial charge in [0.15, 0.2) is 5.69 Å². The van der Waals surface area contributed by atoms with Crippen LogP contribution in [0.1, 0.15) is 44.6 Å². The summed E-state index contributed by atoms with van der Waals surface area (Å²) < 4.78 is 4.94. The maximum atomic E-state index is 12.3. The molecule has 0 aliphatic carbocycles. The van der Waals surface area contributed by atoms with E-state index in [2.05, 4.69) is 20.8 Å². The Bertz CT molecular complexity index is 737. The van der Waals surface area contributed by atoms with E-state index in [1.54, 1.807) is 31.2 Å². The van der Waals surface area contributed by atoms with Crippen molar-refractivity contribution in [2.45, 2.75) is 26.4 Å². The van der Waals surface area contributed by atoms with E-state index in [-0.39, 0.29) is 11.9 Å². The Morgan fingerprint density at radius 3 is 2.83 bits per heavy atom. The summed E-state index contributed by atoms with van der Waals surface area (Å²) in [5, 5.41) is 13.2. The van der Waals surface area contributed by atoms with Crippen LogP contribution in [0.15, 0.2) is 24.3 Å². The average molecular weight is 328 g/mol. The van der Waals surface area contributed by atoms with Gasteiger partial charge in [-0.1, -0.05) is 12.1 Å². The summed E-state index contributed by atoms with van der Waals surface area (Å²) in [6.45, 7) is 4.04. The molecule has 24 heavy (non-hydrogen) atoms. The molecule has 1 aliphatic rings. The third-order valence-corrected chi connectivity index (χ3v) is 3.94. The molecule has 7 heteroatoms. The minimum Gasteiger partial charge on any atom is -0.462 e. The second-order valence-electron chi connectivity index (χ2n) is 5.56. The first-order valence-electron chi connectivity index (χ1n) is 8.00. The Kier molecular flexibility index (Phi) is 4.90. The van der Waals surface area contributed by atoms with Gasteiger partial charge in [0.1, 0.15) is 0 Å². The summed E-state index contributed by atoms with van der Waals surface area (Å²) in [5.74, 6) is -0.547. The first-order valence-corrected chi connectivity index (χ1v) is 8.00. The van der Waals surface area contributed by atoms with E-state index in [1.165, 1.54) is 0 Å². The molecular weight excluding hydrogens is 308 g/mol. The first-order chi connectivity index (χ1) is 11.7. The monoisotopic (exact) mass is 328 g/mol. The van der Waals surface area contributed by atoms with Gasteiger partial charge in [-0.15, -0.1) is 0 Å². The van der Waals surface area contributed by atoms with Crippen LogP contribution in [0.3, 0.4) is 0 Å². The highest BCUT2D eigenvalue weighted by Gasteiger charge is 2.21. The smallest absolute Gasteiger partial charge is 0.338 e. The predicted octanol–water partition coefficient (Wildman–Crippen LogP) is 1.16. The number of carbonyl (C=O) groups excluding carboxylic acids is 2. The molecule has 2 aromatic rings. The fourth-order valence-corrected chi connectivity index (χ4v) is 2.65. The molecule has 7 nitrogen and oxygen atoms in total. The van der Waals surface area contributed by atoms with Crippen molar-refractivity contribution < 1.29 is 14.3 Å². The van der Waals surface area contributed by atoms with Crippen molar-refractivity contribution in [3.63, 3.8) is 0 Å². The zero-order valence-electron chi connectivity index (χ0n) is 13.5. The van der Waals surface area contributed by atoms with Crippen molar-refractivity contribution >= 4 is 11.9 Å². The van der Waals surface area contributed by atoms with Crippen molar-refractivity contribution in [2.24, 2.45) is 0 Å². The number of ether oxygens (including phenoxy) is 1. The molecule has 0 saturated heterocycles. The standard InChI is InChI=1S/C17H20N4O3/c1-2-24-17(23)12-5-3-11(4-6-12)9-19-16(22)15-13-10-18-8-7-14(13)20-21-15/h3-6,18H,2,7-10H2,1H3,(H,19,22)(H,20,21). The van der Waals surface area contributed by atoms with Gasteiger partial charge in [-0.05, 0) is 24.6 Å². The van der Waals surface area contributed by atoms with E-state index < -0.39 is 0 Å². The Morgan fingerprint density at radius 2 is 2.08 bits per heavy atom.